The Labute approximate surface area is 162 Å². The van der Waals surface area contributed by atoms with Crippen molar-refractivity contribution in [1.29, 1.82) is 0 Å². The largest absolute Gasteiger partial charge is 0.378 e. The first-order chi connectivity index (χ1) is 12.7. The maximum Gasteiger partial charge on any atom is 0.226 e. The third-order valence-electron chi connectivity index (χ3n) is 4.52. The molecule has 27 heavy (non-hydrogen) atoms. The number of hydrogen-bond acceptors (Lipinski definition) is 3. The molecule has 0 aliphatic heterocycles. The van der Waals surface area contributed by atoms with Crippen molar-refractivity contribution in [3.63, 3.8) is 0 Å². The van der Waals surface area contributed by atoms with Gasteiger partial charge in [0, 0.05) is 51.0 Å². The average Bonchev–Trinajstić information content (AvgIpc) is 2.57. The van der Waals surface area contributed by atoms with Gasteiger partial charge in [0.2, 0.25) is 11.8 Å². The SMILES string of the molecule is CC(=O)N(CCC(=O)Nc1ccc(N(C)C)cc1)c1c(C)cc(C)cc1C. The summed E-state index contributed by atoms with van der Waals surface area (Å²) in [5, 5.41) is 2.90. The minimum absolute atomic E-state index is 0.0619. The van der Waals surface area contributed by atoms with Gasteiger partial charge in [0.05, 0.1) is 0 Å². The maximum absolute atomic E-state index is 12.4. The number of anilines is 3. The van der Waals surface area contributed by atoms with Crippen molar-refractivity contribution >= 4 is 28.9 Å². The van der Waals surface area contributed by atoms with Gasteiger partial charge in [-0.05, 0) is 56.2 Å². The highest BCUT2D eigenvalue weighted by atomic mass is 16.2. The van der Waals surface area contributed by atoms with Gasteiger partial charge in [0.1, 0.15) is 0 Å². The summed E-state index contributed by atoms with van der Waals surface area (Å²) in [6.45, 7) is 7.92. The average molecular weight is 367 g/mol. The van der Waals surface area contributed by atoms with E-state index in [1.54, 1.807) is 4.90 Å². The Morgan fingerprint density at radius 1 is 0.963 bits per heavy atom. The smallest absolute Gasteiger partial charge is 0.226 e. The van der Waals surface area contributed by atoms with Gasteiger partial charge in [0.25, 0.3) is 0 Å². The van der Waals surface area contributed by atoms with E-state index in [0.717, 1.165) is 33.8 Å². The van der Waals surface area contributed by atoms with Crippen LogP contribution in [-0.2, 0) is 9.59 Å². The van der Waals surface area contributed by atoms with Crippen molar-refractivity contribution in [2.75, 3.05) is 35.8 Å². The molecule has 0 fully saturated rings. The molecular formula is C22H29N3O2. The van der Waals surface area contributed by atoms with E-state index in [0.29, 0.717) is 6.54 Å². The fraction of sp³-hybridized carbons (Fsp3) is 0.364. The third kappa shape index (κ3) is 5.33. The minimum Gasteiger partial charge on any atom is -0.378 e. The predicted molar refractivity (Wildman–Crippen MR) is 113 cm³/mol. The second-order valence-corrected chi connectivity index (χ2v) is 7.16. The van der Waals surface area contributed by atoms with Gasteiger partial charge < -0.3 is 15.1 Å². The Morgan fingerprint density at radius 3 is 2.00 bits per heavy atom. The summed E-state index contributed by atoms with van der Waals surface area (Å²) in [5.41, 5.74) is 5.97. The predicted octanol–water partition coefficient (Wildman–Crippen LogP) is 4.06. The molecule has 0 aliphatic rings. The molecule has 0 atom stereocenters. The summed E-state index contributed by atoms with van der Waals surface area (Å²) in [6, 6.07) is 11.8. The van der Waals surface area contributed by atoms with Crippen LogP contribution in [0.4, 0.5) is 17.1 Å². The number of nitrogens with one attached hydrogen (secondary N) is 1. The van der Waals surface area contributed by atoms with Crippen LogP contribution >= 0.6 is 0 Å². The second kappa shape index (κ2) is 8.71. The van der Waals surface area contributed by atoms with E-state index in [4.69, 9.17) is 0 Å². The topological polar surface area (TPSA) is 52.7 Å². The van der Waals surface area contributed by atoms with Gasteiger partial charge in [-0.3, -0.25) is 9.59 Å². The molecule has 0 spiro atoms. The number of amides is 2. The monoisotopic (exact) mass is 367 g/mol. The lowest BCUT2D eigenvalue weighted by Gasteiger charge is -2.25. The quantitative estimate of drug-likeness (QED) is 0.838. The maximum atomic E-state index is 12.4. The number of nitrogens with zero attached hydrogens (tertiary/aromatic N) is 2. The number of rotatable bonds is 6. The van der Waals surface area contributed by atoms with Gasteiger partial charge in [-0.15, -0.1) is 0 Å². The molecule has 1 N–H and O–H groups in total. The minimum atomic E-state index is -0.110. The molecule has 2 amide bonds. The summed E-state index contributed by atoms with van der Waals surface area (Å²) >= 11 is 0. The molecule has 0 saturated carbocycles. The summed E-state index contributed by atoms with van der Waals surface area (Å²) in [7, 11) is 3.94. The van der Waals surface area contributed by atoms with Crippen molar-refractivity contribution < 1.29 is 9.59 Å². The fourth-order valence-electron chi connectivity index (χ4n) is 3.30. The molecular weight excluding hydrogens is 338 g/mol. The first-order valence-electron chi connectivity index (χ1n) is 9.12. The summed E-state index contributed by atoms with van der Waals surface area (Å²) < 4.78 is 0. The van der Waals surface area contributed by atoms with Crippen molar-refractivity contribution in [1.82, 2.24) is 0 Å². The van der Waals surface area contributed by atoms with E-state index in [2.05, 4.69) is 17.4 Å². The van der Waals surface area contributed by atoms with Gasteiger partial charge >= 0.3 is 0 Å². The number of benzene rings is 2. The lowest BCUT2D eigenvalue weighted by atomic mass is 10.0. The fourth-order valence-corrected chi connectivity index (χ4v) is 3.30. The summed E-state index contributed by atoms with van der Waals surface area (Å²) in [4.78, 5) is 28.2. The molecule has 2 rings (SSSR count). The van der Waals surface area contributed by atoms with E-state index in [1.807, 2.05) is 64.0 Å². The van der Waals surface area contributed by atoms with Gasteiger partial charge in [-0.25, -0.2) is 0 Å². The van der Waals surface area contributed by atoms with Crippen molar-refractivity contribution in [2.45, 2.75) is 34.1 Å². The molecule has 0 bridgehead atoms. The molecule has 0 aliphatic carbocycles. The van der Waals surface area contributed by atoms with Crippen LogP contribution in [0.25, 0.3) is 0 Å². The zero-order valence-corrected chi connectivity index (χ0v) is 17.1. The third-order valence-corrected chi connectivity index (χ3v) is 4.52. The van der Waals surface area contributed by atoms with Crippen molar-refractivity contribution in [2.24, 2.45) is 0 Å². The van der Waals surface area contributed by atoms with Gasteiger partial charge in [-0.1, -0.05) is 17.7 Å². The van der Waals surface area contributed by atoms with Gasteiger partial charge in [0.15, 0.2) is 0 Å². The van der Waals surface area contributed by atoms with Crippen LogP contribution in [-0.4, -0.2) is 32.5 Å². The highest BCUT2D eigenvalue weighted by Gasteiger charge is 2.18. The number of hydrogen-bond donors (Lipinski definition) is 1. The molecule has 5 heteroatoms. The van der Waals surface area contributed by atoms with E-state index < -0.39 is 0 Å². The zero-order chi connectivity index (χ0) is 20.1. The molecule has 2 aromatic carbocycles. The first kappa shape index (κ1) is 20.5. The molecule has 144 valence electrons. The lowest BCUT2D eigenvalue weighted by molar-refractivity contribution is -0.117. The number of aryl methyl sites for hydroxylation is 3. The molecule has 0 aromatic heterocycles. The Balaban J connectivity index is 2.06. The highest BCUT2D eigenvalue weighted by molar-refractivity contribution is 5.96. The number of carbonyl (C=O) groups excluding carboxylic acids is 2. The standard InChI is InChI=1S/C22H29N3O2/c1-15-13-16(2)22(17(3)14-15)25(18(4)26)12-11-21(27)23-19-7-9-20(10-8-19)24(5)6/h7-10,13-14H,11-12H2,1-6H3,(H,23,27). The van der Waals surface area contributed by atoms with Crippen LogP contribution in [0.15, 0.2) is 36.4 Å². The second-order valence-electron chi connectivity index (χ2n) is 7.16. The summed E-state index contributed by atoms with van der Waals surface area (Å²) in [5.74, 6) is -0.172. The van der Waals surface area contributed by atoms with Crippen molar-refractivity contribution in [3.8, 4) is 0 Å². The molecule has 0 heterocycles. The highest BCUT2D eigenvalue weighted by Crippen LogP contribution is 2.27. The Morgan fingerprint density at radius 2 is 1.52 bits per heavy atom. The Kier molecular flexibility index (Phi) is 6.61. The van der Waals surface area contributed by atoms with Crippen LogP contribution in [0.3, 0.4) is 0 Å². The van der Waals surface area contributed by atoms with Crippen LogP contribution in [0.2, 0.25) is 0 Å². The molecule has 0 radical (unpaired) electrons. The van der Waals surface area contributed by atoms with E-state index >= 15 is 0 Å². The summed E-state index contributed by atoms with van der Waals surface area (Å²) in [6.07, 6.45) is 0.238. The van der Waals surface area contributed by atoms with Crippen LogP contribution in [0.5, 0.6) is 0 Å². The van der Waals surface area contributed by atoms with Crippen LogP contribution in [0.1, 0.15) is 30.0 Å². The van der Waals surface area contributed by atoms with E-state index in [9.17, 15) is 9.59 Å². The Bertz CT molecular complexity index is 803. The lowest BCUT2D eigenvalue weighted by Crippen LogP contribution is -2.33. The van der Waals surface area contributed by atoms with E-state index in [1.165, 1.54) is 6.92 Å². The molecule has 0 unspecified atom stereocenters. The normalized spacial score (nSPS) is 10.4. The van der Waals surface area contributed by atoms with Crippen molar-refractivity contribution in [3.05, 3.63) is 53.1 Å². The molecule has 5 nitrogen and oxygen atoms in total. The first-order valence-corrected chi connectivity index (χ1v) is 9.12. The molecule has 2 aromatic rings. The zero-order valence-electron chi connectivity index (χ0n) is 17.1. The van der Waals surface area contributed by atoms with E-state index in [-0.39, 0.29) is 18.2 Å². The number of carbonyl (C=O) groups is 2. The Hall–Kier alpha value is -2.82. The van der Waals surface area contributed by atoms with Crippen LogP contribution in [0, 0.1) is 20.8 Å². The van der Waals surface area contributed by atoms with Crippen LogP contribution < -0.4 is 15.1 Å². The molecule has 0 saturated heterocycles. The van der Waals surface area contributed by atoms with Gasteiger partial charge in [-0.2, -0.15) is 0 Å².